The second-order valence-corrected chi connectivity index (χ2v) is 10.1. The molecule has 206 valence electrons. The van der Waals surface area contributed by atoms with Gasteiger partial charge in [-0.3, -0.25) is 14.5 Å². The van der Waals surface area contributed by atoms with E-state index in [-0.39, 0.29) is 28.8 Å². The summed E-state index contributed by atoms with van der Waals surface area (Å²) in [7, 11) is 4.16. The molecule has 2 amide bonds. The molecule has 2 N–H and O–H groups in total. The number of phenols is 1. The van der Waals surface area contributed by atoms with Gasteiger partial charge in [-0.1, -0.05) is 35.9 Å². The fourth-order valence-corrected chi connectivity index (χ4v) is 4.65. The fraction of sp³-hybridized carbons (Fsp3) is 0.345. The van der Waals surface area contributed by atoms with Crippen LogP contribution in [0.25, 0.3) is 10.8 Å². The van der Waals surface area contributed by atoms with Crippen molar-refractivity contribution in [1.29, 1.82) is 0 Å². The van der Waals surface area contributed by atoms with Crippen molar-refractivity contribution in [2.75, 3.05) is 60.0 Å². The van der Waals surface area contributed by atoms with Crippen molar-refractivity contribution in [2.24, 2.45) is 5.10 Å². The Morgan fingerprint density at radius 2 is 1.82 bits per heavy atom. The molecule has 0 saturated carbocycles. The Morgan fingerprint density at radius 3 is 2.54 bits per heavy atom. The standard InChI is InChI=1S/C29H34ClN5O4/c1-33(2)12-5-13-34-14-16-35(17-15-34)28(37)20-39-27-11-9-22(23-6-3-4-7-24(23)27)19-31-32-29(38)21-8-10-26(36)25(30)18-21/h3-4,6-11,18-19,36H,5,12-17,20H2,1-2H3,(H,32,38). The van der Waals surface area contributed by atoms with Crippen LogP contribution in [-0.2, 0) is 4.79 Å². The van der Waals surface area contributed by atoms with Crippen LogP contribution in [0.1, 0.15) is 22.3 Å². The van der Waals surface area contributed by atoms with Crippen molar-refractivity contribution in [3.63, 3.8) is 0 Å². The second kappa shape index (κ2) is 13.4. The lowest BCUT2D eigenvalue weighted by Gasteiger charge is -2.34. The minimum absolute atomic E-state index is 0.0188. The van der Waals surface area contributed by atoms with Gasteiger partial charge in [0.05, 0.1) is 11.2 Å². The molecule has 1 heterocycles. The SMILES string of the molecule is CN(C)CCCN1CCN(C(=O)COc2ccc(C=NNC(=O)c3ccc(O)c(Cl)c3)c3ccccc23)CC1. The highest BCUT2D eigenvalue weighted by Gasteiger charge is 2.21. The van der Waals surface area contributed by atoms with Crippen LogP contribution in [-0.4, -0.2) is 97.8 Å². The Hall–Kier alpha value is -3.66. The third-order valence-corrected chi connectivity index (χ3v) is 6.96. The first-order valence-corrected chi connectivity index (χ1v) is 13.3. The van der Waals surface area contributed by atoms with Gasteiger partial charge in [-0.15, -0.1) is 0 Å². The summed E-state index contributed by atoms with van der Waals surface area (Å²) in [6, 6.07) is 15.5. The molecule has 3 aromatic rings. The van der Waals surface area contributed by atoms with E-state index in [1.54, 1.807) is 12.3 Å². The number of aromatic hydroxyl groups is 1. The molecule has 39 heavy (non-hydrogen) atoms. The highest BCUT2D eigenvalue weighted by molar-refractivity contribution is 6.32. The van der Waals surface area contributed by atoms with E-state index < -0.39 is 5.91 Å². The number of carbonyl (C=O) groups excluding carboxylic acids is 2. The summed E-state index contributed by atoms with van der Waals surface area (Å²) < 4.78 is 5.97. The van der Waals surface area contributed by atoms with Gasteiger partial charge in [-0.05, 0) is 69.3 Å². The normalized spacial score (nSPS) is 14.3. The molecule has 1 aliphatic heterocycles. The van der Waals surface area contributed by atoms with Crippen LogP contribution in [0.5, 0.6) is 11.5 Å². The number of benzene rings is 3. The summed E-state index contributed by atoms with van der Waals surface area (Å²) in [5.74, 6) is 0.0437. The van der Waals surface area contributed by atoms with Crippen molar-refractivity contribution in [1.82, 2.24) is 20.1 Å². The zero-order valence-corrected chi connectivity index (χ0v) is 23.0. The van der Waals surface area contributed by atoms with E-state index in [1.807, 2.05) is 35.2 Å². The van der Waals surface area contributed by atoms with E-state index in [1.165, 1.54) is 18.2 Å². The van der Waals surface area contributed by atoms with E-state index in [9.17, 15) is 14.7 Å². The largest absolute Gasteiger partial charge is 0.506 e. The van der Waals surface area contributed by atoms with Crippen molar-refractivity contribution in [3.05, 3.63) is 70.7 Å². The summed E-state index contributed by atoms with van der Waals surface area (Å²) in [5, 5.41) is 15.4. The summed E-state index contributed by atoms with van der Waals surface area (Å²) in [6.45, 7) is 5.27. The zero-order chi connectivity index (χ0) is 27.8. The number of halogens is 1. The highest BCUT2D eigenvalue weighted by atomic mass is 35.5. The van der Waals surface area contributed by atoms with E-state index >= 15 is 0 Å². The average Bonchev–Trinajstić information content (AvgIpc) is 2.94. The Morgan fingerprint density at radius 1 is 1.08 bits per heavy atom. The molecule has 0 aromatic heterocycles. The number of hydrazone groups is 1. The Labute approximate surface area is 233 Å². The van der Waals surface area contributed by atoms with E-state index in [2.05, 4.69) is 34.4 Å². The van der Waals surface area contributed by atoms with Crippen LogP contribution in [0, 0.1) is 0 Å². The average molecular weight is 552 g/mol. The number of nitrogens with one attached hydrogen (secondary N) is 1. The first-order valence-electron chi connectivity index (χ1n) is 12.9. The van der Waals surface area contributed by atoms with Gasteiger partial charge in [0.15, 0.2) is 6.61 Å². The highest BCUT2D eigenvalue weighted by Crippen LogP contribution is 2.28. The van der Waals surface area contributed by atoms with Gasteiger partial charge in [0.25, 0.3) is 11.8 Å². The quantitative estimate of drug-likeness (QED) is 0.296. The lowest BCUT2D eigenvalue weighted by Crippen LogP contribution is -2.50. The summed E-state index contributed by atoms with van der Waals surface area (Å²) >= 11 is 5.88. The van der Waals surface area contributed by atoms with Crippen molar-refractivity contribution in [2.45, 2.75) is 6.42 Å². The first kappa shape index (κ1) is 28.4. The van der Waals surface area contributed by atoms with Crippen molar-refractivity contribution >= 4 is 40.4 Å². The second-order valence-electron chi connectivity index (χ2n) is 9.73. The molecule has 0 atom stereocenters. The molecular formula is C29H34ClN5O4. The summed E-state index contributed by atoms with van der Waals surface area (Å²) in [5.41, 5.74) is 3.53. The fourth-order valence-electron chi connectivity index (χ4n) is 4.47. The number of rotatable bonds is 10. The molecule has 0 bridgehead atoms. The van der Waals surface area contributed by atoms with Crippen LogP contribution in [0.4, 0.5) is 0 Å². The molecule has 0 spiro atoms. The van der Waals surface area contributed by atoms with Crippen molar-refractivity contribution in [3.8, 4) is 11.5 Å². The minimum Gasteiger partial charge on any atom is -0.506 e. The monoisotopic (exact) mass is 551 g/mol. The van der Waals surface area contributed by atoms with Crippen LogP contribution in [0.2, 0.25) is 5.02 Å². The van der Waals surface area contributed by atoms with Gasteiger partial charge >= 0.3 is 0 Å². The van der Waals surface area contributed by atoms with Crippen LogP contribution < -0.4 is 10.2 Å². The lowest BCUT2D eigenvalue weighted by atomic mass is 10.0. The van der Waals surface area contributed by atoms with Gasteiger partial charge in [0.2, 0.25) is 0 Å². The number of phenolic OH excluding ortho intramolecular Hbond substituents is 1. The number of hydrogen-bond acceptors (Lipinski definition) is 7. The first-order chi connectivity index (χ1) is 18.8. The Bertz CT molecular complexity index is 1340. The topological polar surface area (TPSA) is 97.7 Å². The molecule has 1 saturated heterocycles. The van der Waals surface area contributed by atoms with Crippen LogP contribution in [0.15, 0.2) is 59.7 Å². The zero-order valence-electron chi connectivity index (χ0n) is 22.3. The third-order valence-electron chi connectivity index (χ3n) is 6.65. The molecule has 3 aromatic carbocycles. The number of carbonyl (C=O) groups is 2. The smallest absolute Gasteiger partial charge is 0.271 e. The molecule has 1 fully saturated rings. The molecule has 1 aliphatic rings. The third kappa shape index (κ3) is 7.69. The molecule has 0 radical (unpaired) electrons. The van der Waals surface area contributed by atoms with Gasteiger partial charge in [0, 0.05) is 42.7 Å². The molecule has 9 nitrogen and oxygen atoms in total. The van der Waals surface area contributed by atoms with Crippen LogP contribution >= 0.6 is 11.6 Å². The lowest BCUT2D eigenvalue weighted by molar-refractivity contribution is -0.135. The summed E-state index contributed by atoms with van der Waals surface area (Å²) in [4.78, 5) is 31.7. The molecule has 0 unspecified atom stereocenters. The maximum Gasteiger partial charge on any atom is 0.271 e. The minimum atomic E-state index is -0.453. The van der Waals surface area contributed by atoms with Crippen LogP contribution in [0.3, 0.4) is 0 Å². The predicted molar refractivity (Wildman–Crippen MR) is 154 cm³/mol. The van der Waals surface area contributed by atoms with Crippen molar-refractivity contribution < 1.29 is 19.4 Å². The Balaban J connectivity index is 1.33. The van der Waals surface area contributed by atoms with Gasteiger partial charge in [-0.2, -0.15) is 5.10 Å². The molecule has 4 rings (SSSR count). The maximum absolute atomic E-state index is 12.8. The maximum atomic E-state index is 12.8. The van der Waals surface area contributed by atoms with Gasteiger partial charge < -0.3 is 19.6 Å². The van der Waals surface area contributed by atoms with E-state index in [4.69, 9.17) is 16.3 Å². The van der Waals surface area contributed by atoms with Gasteiger partial charge in [-0.25, -0.2) is 5.43 Å². The number of amides is 2. The number of hydrogen-bond donors (Lipinski definition) is 2. The van der Waals surface area contributed by atoms with Gasteiger partial charge in [0.1, 0.15) is 11.5 Å². The van der Waals surface area contributed by atoms with E-state index in [0.29, 0.717) is 18.8 Å². The molecule has 0 aliphatic carbocycles. The van der Waals surface area contributed by atoms with E-state index in [0.717, 1.165) is 48.9 Å². The number of ether oxygens (including phenoxy) is 1. The summed E-state index contributed by atoms with van der Waals surface area (Å²) in [6.07, 6.45) is 2.67. The molecule has 10 heteroatoms. The number of nitrogens with zero attached hydrogens (tertiary/aromatic N) is 4. The number of piperazine rings is 1. The molecular weight excluding hydrogens is 518 g/mol. The Kier molecular flexibility index (Phi) is 9.75. The predicted octanol–water partition coefficient (Wildman–Crippen LogP) is 3.44. The number of fused-ring (bicyclic) bond motifs is 1.